The Morgan fingerprint density at radius 2 is 1.90 bits per heavy atom. The van der Waals surface area contributed by atoms with E-state index in [2.05, 4.69) is 4.90 Å². The first-order chi connectivity index (χ1) is 9.86. The number of carboxylic acid groups (broad SMARTS) is 1. The van der Waals surface area contributed by atoms with Gasteiger partial charge in [-0.1, -0.05) is 12.1 Å². The zero-order valence-corrected chi connectivity index (χ0v) is 11.3. The van der Waals surface area contributed by atoms with Crippen LogP contribution in [0.4, 0.5) is 13.2 Å². The lowest BCUT2D eigenvalue weighted by atomic mass is 9.89. The van der Waals surface area contributed by atoms with Crippen LogP contribution in [0.3, 0.4) is 0 Å². The molecule has 2 saturated heterocycles. The zero-order valence-electron chi connectivity index (χ0n) is 11.3. The molecule has 0 radical (unpaired) electrons. The van der Waals surface area contributed by atoms with E-state index in [-0.39, 0.29) is 18.0 Å². The normalized spacial score (nSPS) is 29.0. The molecule has 0 amide bonds. The lowest BCUT2D eigenvalue weighted by molar-refractivity contribution is -0.142. The minimum atomic E-state index is -4.32. The van der Waals surface area contributed by atoms with Crippen LogP contribution in [-0.4, -0.2) is 28.1 Å². The van der Waals surface area contributed by atoms with Gasteiger partial charge in [0.05, 0.1) is 11.5 Å². The highest BCUT2D eigenvalue weighted by atomic mass is 19.4. The maximum absolute atomic E-state index is 12.5. The summed E-state index contributed by atoms with van der Waals surface area (Å²) in [6.07, 6.45) is -1.82. The molecule has 0 spiro atoms. The summed E-state index contributed by atoms with van der Waals surface area (Å²) in [7, 11) is 0. The third-order valence-electron chi connectivity index (χ3n) is 4.64. The molecular weight excluding hydrogens is 283 g/mol. The number of benzene rings is 1. The Morgan fingerprint density at radius 3 is 2.43 bits per heavy atom. The molecule has 1 aromatic carbocycles. The summed E-state index contributed by atoms with van der Waals surface area (Å²) < 4.78 is 37.6. The molecule has 0 saturated carbocycles. The Hall–Kier alpha value is -1.56. The first kappa shape index (κ1) is 14.4. The molecule has 114 valence electrons. The first-order valence-electron chi connectivity index (χ1n) is 7.01. The number of nitrogens with zero attached hydrogens (tertiary/aromatic N) is 1. The van der Waals surface area contributed by atoms with Gasteiger partial charge in [-0.15, -0.1) is 0 Å². The molecule has 3 atom stereocenters. The number of carboxylic acids is 1. The molecule has 3 unspecified atom stereocenters. The van der Waals surface area contributed by atoms with E-state index >= 15 is 0 Å². The van der Waals surface area contributed by atoms with E-state index in [0.717, 1.165) is 30.5 Å². The zero-order chi connectivity index (χ0) is 15.2. The van der Waals surface area contributed by atoms with E-state index in [1.807, 2.05) is 0 Å². The van der Waals surface area contributed by atoms with Gasteiger partial charge in [-0.25, -0.2) is 0 Å². The summed E-state index contributed by atoms with van der Waals surface area (Å²) in [6, 6.07) is 5.41. The number of hydrogen-bond donors (Lipinski definition) is 1. The number of carbonyl (C=O) groups is 1. The fourth-order valence-electron chi connectivity index (χ4n) is 3.62. The molecule has 0 aliphatic carbocycles. The van der Waals surface area contributed by atoms with Crippen molar-refractivity contribution in [3.8, 4) is 0 Å². The smallest absolute Gasteiger partial charge is 0.416 e. The summed E-state index contributed by atoms with van der Waals surface area (Å²) in [6.45, 7) is 0.525. The van der Waals surface area contributed by atoms with Gasteiger partial charge in [0.15, 0.2) is 0 Å². The van der Waals surface area contributed by atoms with Gasteiger partial charge in [0, 0.05) is 18.6 Å². The second-order valence-electron chi connectivity index (χ2n) is 5.85. The molecule has 1 N–H and O–H groups in total. The van der Waals surface area contributed by atoms with Gasteiger partial charge in [-0.2, -0.15) is 13.2 Å². The van der Waals surface area contributed by atoms with Crippen LogP contribution in [0.2, 0.25) is 0 Å². The van der Waals surface area contributed by atoms with E-state index < -0.39 is 17.7 Å². The summed E-state index contributed by atoms with van der Waals surface area (Å²) in [4.78, 5) is 13.3. The van der Waals surface area contributed by atoms with Crippen molar-refractivity contribution in [2.75, 3.05) is 0 Å². The number of fused-ring (bicyclic) bond motifs is 2. The molecule has 3 nitrogen and oxygen atoms in total. The van der Waals surface area contributed by atoms with Gasteiger partial charge in [-0.05, 0) is 37.0 Å². The van der Waals surface area contributed by atoms with Crippen molar-refractivity contribution in [2.45, 2.75) is 44.1 Å². The fraction of sp³-hybridized carbons (Fsp3) is 0.533. The molecule has 1 aromatic rings. The number of halogens is 3. The SMILES string of the molecule is O=C(O)C1CC2CCC1N2Cc1ccc(C(F)(F)F)cc1. The van der Waals surface area contributed by atoms with E-state index in [4.69, 9.17) is 0 Å². The van der Waals surface area contributed by atoms with Crippen LogP contribution in [0.5, 0.6) is 0 Å². The van der Waals surface area contributed by atoms with Crippen LogP contribution < -0.4 is 0 Å². The van der Waals surface area contributed by atoms with Gasteiger partial charge in [0.1, 0.15) is 0 Å². The average Bonchev–Trinajstić information content (AvgIpc) is 2.95. The molecule has 0 aromatic heterocycles. The topological polar surface area (TPSA) is 40.5 Å². The van der Waals surface area contributed by atoms with Crippen LogP contribution in [0.15, 0.2) is 24.3 Å². The van der Waals surface area contributed by atoms with Crippen molar-refractivity contribution in [1.82, 2.24) is 4.90 Å². The molecular formula is C15H16F3NO2. The molecule has 2 bridgehead atoms. The average molecular weight is 299 g/mol. The highest BCUT2D eigenvalue weighted by Gasteiger charge is 2.48. The second-order valence-corrected chi connectivity index (χ2v) is 5.85. The summed E-state index contributed by atoms with van der Waals surface area (Å²) in [5.41, 5.74) is 0.144. The standard InChI is InChI=1S/C15H16F3NO2/c16-15(17,18)10-3-1-9(2-4-10)8-19-11-5-6-13(19)12(7-11)14(20)21/h1-4,11-13H,5-8H2,(H,20,21). The minimum Gasteiger partial charge on any atom is -0.481 e. The van der Waals surface area contributed by atoms with Crippen molar-refractivity contribution in [3.05, 3.63) is 35.4 Å². The Bertz CT molecular complexity index is 541. The molecule has 2 aliphatic heterocycles. The van der Waals surface area contributed by atoms with Gasteiger partial charge in [0.2, 0.25) is 0 Å². The summed E-state index contributed by atoms with van der Waals surface area (Å²) >= 11 is 0. The van der Waals surface area contributed by atoms with Gasteiger partial charge >= 0.3 is 12.1 Å². The lowest BCUT2D eigenvalue weighted by Gasteiger charge is -2.23. The maximum Gasteiger partial charge on any atom is 0.416 e. The number of rotatable bonds is 3. The van der Waals surface area contributed by atoms with Crippen molar-refractivity contribution in [3.63, 3.8) is 0 Å². The van der Waals surface area contributed by atoms with Gasteiger partial charge in [0.25, 0.3) is 0 Å². The van der Waals surface area contributed by atoms with Crippen LogP contribution in [0, 0.1) is 5.92 Å². The number of alkyl halides is 3. The molecule has 2 heterocycles. The molecule has 6 heteroatoms. The number of hydrogen-bond acceptors (Lipinski definition) is 2. The largest absolute Gasteiger partial charge is 0.481 e. The Morgan fingerprint density at radius 1 is 1.24 bits per heavy atom. The predicted octanol–water partition coefficient (Wildman–Crippen LogP) is 3.14. The van der Waals surface area contributed by atoms with Crippen molar-refractivity contribution >= 4 is 5.97 Å². The van der Waals surface area contributed by atoms with Crippen LogP contribution in [-0.2, 0) is 17.5 Å². The minimum absolute atomic E-state index is 0.0230. The van der Waals surface area contributed by atoms with Gasteiger partial charge < -0.3 is 5.11 Å². The molecule has 3 rings (SSSR count). The Labute approximate surface area is 120 Å². The van der Waals surface area contributed by atoms with E-state index in [9.17, 15) is 23.1 Å². The number of aliphatic carboxylic acids is 1. The van der Waals surface area contributed by atoms with Crippen molar-refractivity contribution < 1.29 is 23.1 Å². The predicted molar refractivity (Wildman–Crippen MR) is 69.5 cm³/mol. The van der Waals surface area contributed by atoms with Crippen LogP contribution >= 0.6 is 0 Å². The third-order valence-corrected chi connectivity index (χ3v) is 4.64. The lowest BCUT2D eigenvalue weighted by Crippen LogP contribution is -2.32. The molecule has 2 aliphatic rings. The van der Waals surface area contributed by atoms with Crippen LogP contribution in [0.25, 0.3) is 0 Å². The van der Waals surface area contributed by atoms with Gasteiger partial charge in [-0.3, -0.25) is 9.69 Å². The second kappa shape index (κ2) is 5.02. The quantitative estimate of drug-likeness (QED) is 0.932. The fourth-order valence-corrected chi connectivity index (χ4v) is 3.62. The highest BCUT2D eigenvalue weighted by Crippen LogP contribution is 2.42. The maximum atomic E-state index is 12.5. The monoisotopic (exact) mass is 299 g/mol. The molecule has 21 heavy (non-hydrogen) atoms. The highest BCUT2D eigenvalue weighted by molar-refractivity contribution is 5.71. The van der Waals surface area contributed by atoms with Crippen molar-refractivity contribution in [1.29, 1.82) is 0 Å². The van der Waals surface area contributed by atoms with E-state index in [1.165, 1.54) is 12.1 Å². The Balaban J connectivity index is 1.72. The van der Waals surface area contributed by atoms with Crippen LogP contribution in [0.1, 0.15) is 30.4 Å². The van der Waals surface area contributed by atoms with Crippen molar-refractivity contribution in [2.24, 2.45) is 5.92 Å². The summed E-state index contributed by atoms with van der Waals surface area (Å²) in [5.74, 6) is -1.10. The third kappa shape index (κ3) is 2.64. The molecule has 2 fully saturated rings. The summed E-state index contributed by atoms with van der Waals surface area (Å²) in [5, 5.41) is 9.19. The Kier molecular flexibility index (Phi) is 3.43. The van der Waals surface area contributed by atoms with E-state index in [1.54, 1.807) is 0 Å². The first-order valence-corrected chi connectivity index (χ1v) is 7.01. The van der Waals surface area contributed by atoms with E-state index in [0.29, 0.717) is 13.0 Å².